The minimum atomic E-state index is 0.191. The number of hydrogen-bond donors (Lipinski definition) is 0. The van der Waals surface area contributed by atoms with Crippen LogP contribution in [0.15, 0.2) is 24.3 Å². The lowest BCUT2D eigenvalue weighted by atomic mass is 10.1. The van der Waals surface area contributed by atoms with Crippen LogP contribution < -0.4 is 0 Å². The number of hydrogen-bond acceptors (Lipinski definition) is 1. The van der Waals surface area contributed by atoms with Crippen molar-refractivity contribution in [3.8, 4) is 0 Å². The monoisotopic (exact) mass is 303 g/mol. The molecule has 1 amide bonds. The van der Waals surface area contributed by atoms with Crippen LogP contribution in [-0.2, 0) is 6.42 Å². The van der Waals surface area contributed by atoms with E-state index >= 15 is 0 Å². The summed E-state index contributed by atoms with van der Waals surface area (Å²) >= 11 is 0. The summed E-state index contributed by atoms with van der Waals surface area (Å²) in [4.78, 5) is 14.7. The highest BCUT2D eigenvalue weighted by atomic mass is 16.2. The van der Waals surface area contributed by atoms with Gasteiger partial charge in [-0.25, -0.2) is 0 Å². The van der Waals surface area contributed by atoms with Crippen LogP contribution >= 0.6 is 0 Å². The highest BCUT2D eigenvalue weighted by Crippen LogP contribution is 2.12. The number of carbonyl (C=O) groups excluding carboxylic acids is 1. The maximum atomic E-state index is 12.7. The number of amides is 1. The summed E-state index contributed by atoms with van der Waals surface area (Å²) in [6, 6.07) is 8.23. The lowest BCUT2D eigenvalue weighted by molar-refractivity contribution is 0.0746. The molecule has 0 atom stereocenters. The van der Waals surface area contributed by atoms with Crippen molar-refractivity contribution >= 4 is 5.91 Å². The summed E-state index contributed by atoms with van der Waals surface area (Å²) in [6.45, 7) is 10.6. The Balaban J connectivity index is 2.70. The molecule has 1 aromatic rings. The van der Waals surface area contributed by atoms with Gasteiger partial charge in [0.2, 0.25) is 0 Å². The first-order chi connectivity index (χ1) is 10.6. The van der Waals surface area contributed by atoms with Crippen molar-refractivity contribution in [1.82, 2.24) is 4.90 Å². The van der Waals surface area contributed by atoms with Gasteiger partial charge in [-0.15, -0.1) is 0 Å². The van der Waals surface area contributed by atoms with Crippen LogP contribution in [0.25, 0.3) is 0 Å². The van der Waals surface area contributed by atoms with E-state index in [1.54, 1.807) is 0 Å². The molecule has 22 heavy (non-hydrogen) atoms. The standard InChI is InChI=1S/C20H33NO/c1-5-7-9-18-10-12-19(13-11-18)20(22)21(15-8-6-2)16-14-17(3)4/h10-13,17H,5-9,14-16H2,1-4H3. The average molecular weight is 303 g/mol. The zero-order valence-electron chi connectivity index (χ0n) is 14.9. The van der Waals surface area contributed by atoms with Gasteiger partial charge in [-0.05, 0) is 49.3 Å². The first-order valence-electron chi connectivity index (χ1n) is 8.96. The van der Waals surface area contributed by atoms with Gasteiger partial charge in [0, 0.05) is 18.7 Å². The van der Waals surface area contributed by atoms with Gasteiger partial charge in [0.1, 0.15) is 0 Å². The molecule has 1 aromatic carbocycles. The van der Waals surface area contributed by atoms with E-state index in [4.69, 9.17) is 0 Å². The van der Waals surface area contributed by atoms with Gasteiger partial charge in [0.25, 0.3) is 5.91 Å². The zero-order valence-corrected chi connectivity index (χ0v) is 14.9. The SMILES string of the molecule is CCCCc1ccc(C(=O)N(CCCC)CCC(C)C)cc1. The Morgan fingerprint density at radius 1 is 1.00 bits per heavy atom. The molecule has 0 unspecified atom stereocenters. The summed E-state index contributed by atoms with van der Waals surface area (Å²) in [5.41, 5.74) is 2.17. The third-order valence-electron chi connectivity index (χ3n) is 4.07. The predicted molar refractivity (Wildman–Crippen MR) is 95.3 cm³/mol. The zero-order chi connectivity index (χ0) is 16.4. The molecular formula is C20H33NO. The Morgan fingerprint density at radius 2 is 1.64 bits per heavy atom. The van der Waals surface area contributed by atoms with Crippen molar-refractivity contribution in [2.24, 2.45) is 5.92 Å². The van der Waals surface area contributed by atoms with Crippen LogP contribution in [0.5, 0.6) is 0 Å². The molecule has 124 valence electrons. The average Bonchev–Trinajstić information content (AvgIpc) is 2.52. The quantitative estimate of drug-likeness (QED) is 0.573. The smallest absolute Gasteiger partial charge is 0.253 e. The largest absolute Gasteiger partial charge is 0.339 e. The molecule has 2 nitrogen and oxygen atoms in total. The molecule has 0 N–H and O–H groups in total. The number of nitrogens with zero attached hydrogens (tertiary/aromatic N) is 1. The number of benzene rings is 1. The fourth-order valence-corrected chi connectivity index (χ4v) is 2.46. The second kappa shape index (κ2) is 10.4. The molecule has 0 radical (unpaired) electrons. The Morgan fingerprint density at radius 3 is 2.18 bits per heavy atom. The molecule has 0 bridgehead atoms. The second-order valence-corrected chi connectivity index (χ2v) is 6.63. The van der Waals surface area contributed by atoms with Gasteiger partial charge < -0.3 is 4.90 Å². The molecular weight excluding hydrogens is 270 g/mol. The first kappa shape index (κ1) is 18.7. The van der Waals surface area contributed by atoms with Crippen LogP contribution in [0.2, 0.25) is 0 Å². The van der Waals surface area contributed by atoms with E-state index in [1.807, 2.05) is 17.0 Å². The van der Waals surface area contributed by atoms with Crippen molar-refractivity contribution in [3.05, 3.63) is 35.4 Å². The lowest BCUT2D eigenvalue weighted by Gasteiger charge is -2.23. The minimum Gasteiger partial charge on any atom is -0.339 e. The summed E-state index contributed by atoms with van der Waals surface area (Å²) in [7, 11) is 0. The number of aryl methyl sites for hydroxylation is 1. The maximum Gasteiger partial charge on any atom is 0.253 e. The third kappa shape index (κ3) is 6.64. The van der Waals surface area contributed by atoms with E-state index in [1.165, 1.54) is 18.4 Å². The summed E-state index contributed by atoms with van der Waals surface area (Å²) in [5, 5.41) is 0. The molecule has 0 fully saturated rings. The molecule has 0 aliphatic rings. The minimum absolute atomic E-state index is 0.191. The van der Waals surface area contributed by atoms with E-state index in [9.17, 15) is 4.79 Å². The van der Waals surface area contributed by atoms with Gasteiger partial charge in [-0.3, -0.25) is 4.79 Å². The van der Waals surface area contributed by atoms with Crippen LogP contribution in [0.1, 0.15) is 75.7 Å². The Bertz CT molecular complexity index is 422. The van der Waals surface area contributed by atoms with Gasteiger partial charge in [-0.2, -0.15) is 0 Å². The molecule has 0 saturated carbocycles. The second-order valence-electron chi connectivity index (χ2n) is 6.63. The highest BCUT2D eigenvalue weighted by Gasteiger charge is 2.15. The normalized spacial score (nSPS) is 11.0. The molecule has 2 heteroatoms. The Hall–Kier alpha value is -1.31. The molecule has 0 aliphatic carbocycles. The fourth-order valence-electron chi connectivity index (χ4n) is 2.46. The Labute approximate surface area is 136 Å². The topological polar surface area (TPSA) is 20.3 Å². The predicted octanol–water partition coefficient (Wildman–Crippen LogP) is 5.32. The number of carbonyl (C=O) groups is 1. The van der Waals surface area contributed by atoms with Crippen molar-refractivity contribution < 1.29 is 4.79 Å². The van der Waals surface area contributed by atoms with Crippen molar-refractivity contribution in [3.63, 3.8) is 0 Å². The summed E-state index contributed by atoms with van der Waals surface area (Å²) in [6.07, 6.45) is 6.81. The summed E-state index contributed by atoms with van der Waals surface area (Å²) < 4.78 is 0. The number of rotatable bonds is 10. The molecule has 0 aromatic heterocycles. The van der Waals surface area contributed by atoms with Gasteiger partial charge in [0.15, 0.2) is 0 Å². The van der Waals surface area contributed by atoms with Crippen molar-refractivity contribution in [2.75, 3.05) is 13.1 Å². The van der Waals surface area contributed by atoms with Gasteiger partial charge in [0.05, 0.1) is 0 Å². The van der Waals surface area contributed by atoms with Crippen LogP contribution in [-0.4, -0.2) is 23.9 Å². The van der Waals surface area contributed by atoms with E-state index in [0.717, 1.165) is 44.3 Å². The molecule has 0 aliphatic heterocycles. The Kier molecular flexibility index (Phi) is 8.88. The third-order valence-corrected chi connectivity index (χ3v) is 4.07. The molecule has 1 rings (SSSR count). The van der Waals surface area contributed by atoms with Gasteiger partial charge >= 0.3 is 0 Å². The van der Waals surface area contributed by atoms with E-state index in [2.05, 4.69) is 39.8 Å². The van der Waals surface area contributed by atoms with E-state index in [0.29, 0.717) is 5.92 Å². The fraction of sp³-hybridized carbons (Fsp3) is 0.650. The lowest BCUT2D eigenvalue weighted by Crippen LogP contribution is -2.33. The molecule has 0 spiro atoms. The highest BCUT2D eigenvalue weighted by molar-refractivity contribution is 5.94. The van der Waals surface area contributed by atoms with Gasteiger partial charge in [-0.1, -0.05) is 52.7 Å². The van der Waals surface area contributed by atoms with Crippen molar-refractivity contribution in [2.45, 2.75) is 66.2 Å². The molecule has 0 saturated heterocycles. The number of unbranched alkanes of at least 4 members (excludes halogenated alkanes) is 2. The maximum absolute atomic E-state index is 12.7. The van der Waals surface area contributed by atoms with E-state index in [-0.39, 0.29) is 5.91 Å². The van der Waals surface area contributed by atoms with E-state index < -0.39 is 0 Å². The first-order valence-corrected chi connectivity index (χ1v) is 8.96. The summed E-state index contributed by atoms with van der Waals surface area (Å²) in [5.74, 6) is 0.824. The van der Waals surface area contributed by atoms with Crippen LogP contribution in [0.3, 0.4) is 0 Å². The van der Waals surface area contributed by atoms with Crippen LogP contribution in [0, 0.1) is 5.92 Å². The molecule has 0 heterocycles. The van der Waals surface area contributed by atoms with Crippen LogP contribution in [0.4, 0.5) is 0 Å². The van der Waals surface area contributed by atoms with Crippen molar-refractivity contribution in [1.29, 1.82) is 0 Å².